The van der Waals surface area contributed by atoms with E-state index >= 15 is 0 Å². The first-order chi connectivity index (χ1) is 7.42. The van der Waals surface area contributed by atoms with Gasteiger partial charge in [-0.25, -0.2) is 4.98 Å². The van der Waals surface area contributed by atoms with Gasteiger partial charge in [0.2, 0.25) is 0 Å². The zero-order valence-electron chi connectivity index (χ0n) is 8.58. The first-order valence-electron chi connectivity index (χ1n) is 4.87. The van der Waals surface area contributed by atoms with Crippen LogP contribution in [-0.4, -0.2) is 11.5 Å². The molecule has 2 aromatic heterocycles. The molecular weight excluding hydrogens is 204 g/mol. The SMILES string of the molecule is CC#CCCNc1nccc2sccc12. The molecule has 0 aromatic carbocycles. The van der Waals surface area contributed by atoms with Gasteiger partial charge in [-0.05, 0) is 24.4 Å². The van der Waals surface area contributed by atoms with E-state index in [2.05, 4.69) is 33.6 Å². The number of thiophene rings is 1. The lowest BCUT2D eigenvalue weighted by molar-refractivity contribution is 1.08. The zero-order valence-corrected chi connectivity index (χ0v) is 9.40. The Labute approximate surface area is 93.3 Å². The monoisotopic (exact) mass is 216 g/mol. The maximum Gasteiger partial charge on any atom is 0.134 e. The Morgan fingerprint density at radius 3 is 3.27 bits per heavy atom. The lowest BCUT2D eigenvalue weighted by atomic mass is 10.3. The average Bonchev–Trinajstić information content (AvgIpc) is 2.73. The largest absolute Gasteiger partial charge is 0.369 e. The molecule has 15 heavy (non-hydrogen) atoms. The Bertz CT molecular complexity index is 505. The highest BCUT2D eigenvalue weighted by atomic mass is 32.1. The first kappa shape index (κ1) is 10.0. The maximum absolute atomic E-state index is 4.32. The lowest BCUT2D eigenvalue weighted by Gasteiger charge is -2.03. The summed E-state index contributed by atoms with van der Waals surface area (Å²) in [6.07, 6.45) is 2.70. The van der Waals surface area contributed by atoms with Gasteiger partial charge in [0.05, 0.1) is 0 Å². The van der Waals surface area contributed by atoms with Gasteiger partial charge in [0.15, 0.2) is 0 Å². The molecule has 2 aromatic rings. The van der Waals surface area contributed by atoms with Crippen molar-refractivity contribution < 1.29 is 0 Å². The molecule has 0 saturated heterocycles. The van der Waals surface area contributed by atoms with Crippen LogP contribution in [0, 0.1) is 11.8 Å². The Morgan fingerprint density at radius 2 is 2.40 bits per heavy atom. The van der Waals surface area contributed by atoms with Crippen LogP contribution in [0.2, 0.25) is 0 Å². The minimum atomic E-state index is 0.850. The van der Waals surface area contributed by atoms with E-state index in [1.54, 1.807) is 11.3 Å². The molecule has 0 aliphatic rings. The van der Waals surface area contributed by atoms with Gasteiger partial charge in [0, 0.05) is 29.2 Å². The van der Waals surface area contributed by atoms with Gasteiger partial charge < -0.3 is 5.32 Å². The van der Waals surface area contributed by atoms with Crippen molar-refractivity contribution in [1.29, 1.82) is 0 Å². The Kier molecular flexibility index (Phi) is 3.21. The summed E-state index contributed by atoms with van der Waals surface area (Å²) in [7, 11) is 0. The van der Waals surface area contributed by atoms with Crippen molar-refractivity contribution in [3.63, 3.8) is 0 Å². The van der Waals surface area contributed by atoms with Crippen LogP contribution >= 0.6 is 11.3 Å². The van der Waals surface area contributed by atoms with Crippen LogP contribution in [0.15, 0.2) is 23.7 Å². The van der Waals surface area contributed by atoms with E-state index in [4.69, 9.17) is 0 Å². The van der Waals surface area contributed by atoms with Crippen molar-refractivity contribution in [3.8, 4) is 11.8 Å². The van der Waals surface area contributed by atoms with Crippen LogP contribution in [0.25, 0.3) is 10.1 Å². The third kappa shape index (κ3) is 2.28. The number of aromatic nitrogens is 1. The van der Waals surface area contributed by atoms with E-state index in [9.17, 15) is 0 Å². The van der Waals surface area contributed by atoms with Crippen molar-refractivity contribution in [2.24, 2.45) is 0 Å². The Morgan fingerprint density at radius 1 is 1.47 bits per heavy atom. The van der Waals surface area contributed by atoms with Crippen LogP contribution in [0.3, 0.4) is 0 Å². The lowest BCUT2D eigenvalue weighted by Crippen LogP contribution is -2.02. The number of rotatable bonds is 3. The van der Waals surface area contributed by atoms with E-state index in [0.717, 1.165) is 18.8 Å². The Hall–Kier alpha value is -1.53. The molecule has 3 heteroatoms. The molecule has 0 atom stereocenters. The average molecular weight is 216 g/mol. The Balaban J connectivity index is 2.12. The van der Waals surface area contributed by atoms with Gasteiger partial charge in [-0.1, -0.05) is 0 Å². The molecule has 2 rings (SSSR count). The molecule has 2 nitrogen and oxygen atoms in total. The standard InChI is InChI=1S/C12H12N2S/c1-2-3-4-7-13-12-10-6-9-15-11(10)5-8-14-12/h5-6,8-9H,4,7H2,1H3,(H,13,14). The molecule has 2 heterocycles. The molecule has 0 spiro atoms. The quantitative estimate of drug-likeness (QED) is 0.630. The number of anilines is 1. The fourth-order valence-electron chi connectivity index (χ4n) is 1.40. The summed E-state index contributed by atoms with van der Waals surface area (Å²) in [5.41, 5.74) is 0. The van der Waals surface area contributed by atoms with Crippen LogP contribution in [0.5, 0.6) is 0 Å². The third-order valence-corrected chi connectivity index (χ3v) is 2.98. The van der Waals surface area contributed by atoms with Gasteiger partial charge >= 0.3 is 0 Å². The molecule has 0 saturated carbocycles. The van der Waals surface area contributed by atoms with Gasteiger partial charge in [0.1, 0.15) is 5.82 Å². The smallest absolute Gasteiger partial charge is 0.134 e. The summed E-state index contributed by atoms with van der Waals surface area (Å²) >= 11 is 1.74. The molecule has 0 radical (unpaired) electrons. The minimum absolute atomic E-state index is 0.850. The van der Waals surface area contributed by atoms with E-state index in [1.165, 1.54) is 10.1 Å². The highest BCUT2D eigenvalue weighted by Crippen LogP contribution is 2.25. The molecular formula is C12H12N2S. The number of nitrogens with zero attached hydrogens (tertiary/aromatic N) is 1. The molecule has 0 amide bonds. The summed E-state index contributed by atoms with van der Waals surface area (Å²) < 4.78 is 1.27. The summed E-state index contributed by atoms with van der Waals surface area (Å²) in [5.74, 6) is 6.86. The zero-order chi connectivity index (χ0) is 10.5. The number of fused-ring (bicyclic) bond motifs is 1. The van der Waals surface area contributed by atoms with Gasteiger partial charge in [-0.2, -0.15) is 0 Å². The van der Waals surface area contributed by atoms with Gasteiger partial charge in [0.25, 0.3) is 0 Å². The molecule has 76 valence electrons. The second-order valence-corrected chi connectivity index (χ2v) is 4.04. The highest BCUT2D eigenvalue weighted by Gasteiger charge is 2.01. The number of pyridine rings is 1. The van der Waals surface area contributed by atoms with Crippen LogP contribution < -0.4 is 5.32 Å². The number of nitrogens with one attached hydrogen (secondary N) is 1. The number of hydrogen-bond donors (Lipinski definition) is 1. The first-order valence-corrected chi connectivity index (χ1v) is 5.75. The van der Waals surface area contributed by atoms with E-state index in [0.29, 0.717) is 0 Å². The maximum atomic E-state index is 4.32. The van der Waals surface area contributed by atoms with E-state index in [1.807, 2.05) is 19.2 Å². The molecule has 0 aliphatic carbocycles. The summed E-state index contributed by atoms with van der Waals surface area (Å²) in [5, 5.41) is 6.59. The van der Waals surface area contributed by atoms with Crippen molar-refractivity contribution in [3.05, 3.63) is 23.7 Å². The van der Waals surface area contributed by atoms with Crippen LogP contribution in [0.4, 0.5) is 5.82 Å². The molecule has 1 N–H and O–H groups in total. The summed E-state index contributed by atoms with van der Waals surface area (Å²) in [6.45, 7) is 2.71. The summed E-state index contributed by atoms with van der Waals surface area (Å²) in [6, 6.07) is 4.14. The van der Waals surface area contributed by atoms with Crippen LogP contribution in [-0.2, 0) is 0 Å². The van der Waals surface area contributed by atoms with Crippen molar-refractivity contribution in [2.45, 2.75) is 13.3 Å². The predicted molar refractivity (Wildman–Crippen MR) is 66.2 cm³/mol. The van der Waals surface area contributed by atoms with Gasteiger partial charge in [-0.15, -0.1) is 23.2 Å². The topological polar surface area (TPSA) is 24.9 Å². The second-order valence-electron chi connectivity index (χ2n) is 3.10. The van der Waals surface area contributed by atoms with Gasteiger partial charge in [-0.3, -0.25) is 0 Å². The van der Waals surface area contributed by atoms with Crippen molar-refractivity contribution in [1.82, 2.24) is 4.98 Å². The van der Waals surface area contributed by atoms with Crippen LogP contribution in [0.1, 0.15) is 13.3 Å². The van der Waals surface area contributed by atoms with Crippen molar-refractivity contribution >= 4 is 27.2 Å². The predicted octanol–water partition coefficient (Wildman–Crippen LogP) is 3.12. The van der Waals surface area contributed by atoms with E-state index in [-0.39, 0.29) is 0 Å². The third-order valence-electron chi connectivity index (χ3n) is 2.10. The highest BCUT2D eigenvalue weighted by molar-refractivity contribution is 7.17. The molecule has 0 fully saturated rings. The fourth-order valence-corrected chi connectivity index (χ4v) is 2.19. The molecule has 0 unspecified atom stereocenters. The normalized spacial score (nSPS) is 9.67. The van der Waals surface area contributed by atoms with Crippen molar-refractivity contribution in [2.75, 3.05) is 11.9 Å². The second kappa shape index (κ2) is 4.81. The molecule has 0 bridgehead atoms. The summed E-state index contributed by atoms with van der Waals surface area (Å²) in [4.78, 5) is 4.32. The van der Waals surface area contributed by atoms with E-state index < -0.39 is 0 Å². The minimum Gasteiger partial charge on any atom is -0.369 e. The number of hydrogen-bond acceptors (Lipinski definition) is 3. The molecule has 0 aliphatic heterocycles. The fraction of sp³-hybridized carbons (Fsp3) is 0.250.